The molecule has 0 rings (SSSR count). The van der Waals surface area contributed by atoms with Gasteiger partial charge in [0.25, 0.3) is 0 Å². The van der Waals surface area contributed by atoms with Crippen LogP contribution in [0.3, 0.4) is 0 Å². The van der Waals surface area contributed by atoms with Gasteiger partial charge in [0.2, 0.25) is 0 Å². The van der Waals surface area contributed by atoms with Crippen LogP contribution in [0.5, 0.6) is 0 Å². The fourth-order valence-electron chi connectivity index (χ4n) is 2.54. The van der Waals surface area contributed by atoms with Crippen LogP contribution in [0.1, 0.15) is 96.8 Å². The van der Waals surface area contributed by atoms with E-state index in [1.165, 1.54) is 44.9 Å². The van der Waals surface area contributed by atoms with Gasteiger partial charge in [0, 0.05) is 6.42 Å². The Balaban J connectivity index is 3.28. The third-order valence-electron chi connectivity index (χ3n) is 4.03. The molecular formula is C22H38O2. The Bertz CT molecular complexity index is 353. The van der Waals surface area contributed by atoms with Crippen molar-refractivity contribution in [2.45, 2.75) is 96.8 Å². The molecule has 0 aromatic carbocycles. The molecule has 0 aromatic rings. The first kappa shape index (κ1) is 22.7. The Labute approximate surface area is 149 Å². The average molecular weight is 335 g/mol. The molecule has 0 atom stereocenters. The van der Waals surface area contributed by atoms with E-state index in [-0.39, 0.29) is 0 Å². The van der Waals surface area contributed by atoms with Crippen molar-refractivity contribution in [3.63, 3.8) is 0 Å². The summed E-state index contributed by atoms with van der Waals surface area (Å²) in [4.78, 5) is 10.4. The summed E-state index contributed by atoms with van der Waals surface area (Å²) < 4.78 is 0. The van der Waals surface area contributed by atoms with Gasteiger partial charge in [0.1, 0.15) is 0 Å². The molecule has 0 saturated carbocycles. The topological polar surface area (TPSA) is 37.3 Å². The predicted octanol–water partition coefficient (Wildman–Crippen LogP) is 7.22. The van der Waals surface area contributed by atoms with E-state index in [1.54, 1.807) is 0 Å². The molecule has 0 unspecified atom stereocenters. The zero-order valence-corrected chi connectivity index (χ0v) is 15.7. The lowest BCUT2D eigenvalue weighted by atomic mass is 10.1. The summed E-state index contributed by atoms with van der Waals surface area (Å²) in [6.07, 6.45) is 29.2. The summed E-state index contributed by atoms with van der Waals surface area (Å²) in [5.74, 6) is -0.677. The zero-order valence-electron chi connectivity index (χ0n) is 15.7. The van der Waals surface area contributed by atoms with Crippen LogP contribution < -0.4 is 0 Å². The minimum Gasteiger partial charge on any atom is -0.481 e. The maximum atomic E-state index is 10.4. The van der Waals surface area contributed by atoms with E-state index in [1.807, 2.05) is 0 Å². The van der Waals surface area contributed by atoms with E-state index in [2.05, 4.69) is 43.4 Å². The fraction of sp³-hybridized carbons (Fsp3) is 0.682. The Morgan fingerprint density at radius 2 is 1.12 bits per heavy atom. The molecule has 0 aliphatic carbocycles. The molecule has 0 bridgehead atoms. The summed E-state index contributed by atoms with van der Waals surface area (Å²) >= 11 is 0. The predicted molar refractivity (Wildman–Crippen MR) is 105 cm³/mol. The molecule has 0 aromatic heterocycles. The van der Waals surface area contributed by atoms with Gasteiger partial charge in [-0.1, -0.05) is 81.9 Å². The van der Waals surface area contributed by atoms with Crippen LogP contribution in [-0.2, 0) is 4.79 Å². The third-order valence-corrected chi connectivity index (χ3v) is 4.03. The van der Waals surface area contributed by atoms with Crippen molar-refractivity contribution >= 4 is 5.97 Å². The maximum absolute atomic E-state index is 10.4. The molecule has 0 fully saturated rings. The highest BCUT2D eigenvalue weighted by atomic mass is 16.4. The number of carboxylic acids is 1. The molecule has 0 spiro atoms. The van der Waals surface area contributed by atoms with Gasteiger partial charge in [-0.2, -0.15) is 0 Å². The summed E-state index contributed by atoms with van der Waals surface area (Å²) in [5, 5.41) is 8.54. The first-order valence-electron chi connectivity index (χ1n) is 9.94. The van der Waals surface area contributed by atoms with Crippen LogP contribution in [0.25, 0.3) is 0 Å². The molecule has 0 aliphatic heterocycles. The van der Waals surface area contributed by atoms with Gasteiger partial charge < -0.3 is 5.11 Å². The van der Waals surface area contributed by atoms with Gasteiger partial charge in [-0.05, 0) is 44.9 Å². The summed E-state index contributed by atoms with van der Waals surface area (Å²) in [6.45, 7) is 2.26. The van der Waals surface area contributed by atoms with Crippen molar-refractivity contribution in [1.82, 2.24) is 0 Å². The van der Waals surface area contributed by atoms with E-state index in [9.17, 15) is 4.79 Å². The molecule has 24 heavy (non-hydrogen) atoms. The molecule has 0 heterocycles. The van der Waals surface area contributed by atoms with E-state index in [4.69, 9.17) is 5.11 Å². The summed E-state index contributed by atoms with van der Waals surface area (Å²) in [5.41, 5.74) is 0. The second-order valence-electron chi connectivity index (χ2n) is 6.44. The van der Waals surface area contributed by atoms with Crippen LogP contribution in [0.15, 0.2) is 36.5 Å². The maximum Gasteiger partial charge on any atom is 0.303 e. The Morgan fingerprint density at radius 3 is 1.62 bits per heavy atom. The minimum atomic E-state index is -0.677. The highest BCUT2D eigenvalue weighted by Gasteiger charge is 1.95. The summed E-state index contributed by atoms with van der Waals surface area (Å²) in [6, 6.07) is 0. The Morgan fingerprint density at radius 1 is 0.667 bits per heavy atom. The molecule has 2 nitrogen and oxygen atoms in total. The lowest BCUT2D eigenvalue weighted by Gasteiger charge is -1.96. The number of carboxylic acid groups (broad SMARTS) is 1. The lowest BCUT2D eigenvalue weighted by molar-refractivity contribution is -0.137. The number of allylic oxidation sites excluding steroid dienone is 6. The van der Waals surface area contributed by atoms with Crippen LogP contribution in [0.4, 0.5) is 0 Å². The normalized spacial score (nSPS) is 12.0. The number of aliphatic carboxylic acids is 1. The van der Waals surface area contributed by atoms with Crippen molar-refractivity contribution in [1.29, 1.82) is 0 Å². The van der Waals surface area contributed by atoms with Crippen LogP contribution in [-0.4, -0.2) is 11.1 Å². The molecular weight excluding hydrogens is 296 g/mol. The minimum absolute atomic E-state index is 0.313. The second-order valence-corrected chi connectivity index (χ2v) is 6.44. The molecule has 138 valence electrons. The zero-order chi connectivity index (χ0) is 17.7. The van der Waals surface area contributed by atoms with Gasteiger partial charge >= 0.3 is 5.97 Å². The average Bonchev–Trinajstić information content (AvgIpc) is 2.56. The first-order valence-corrected chi connectivity index (χ1v) is 9.94. The second kappa shape index (κ2) is 19.7. The molecule has 0 aliphatic rings. The quantitative estimate of drug-likeness (QED) is 0.225. The highest BCUT2D eigenvalue weighted by Crippen LogP contribution is 2.07. The highest BCUT2D eigenvalue weighted by molar-refractivity contribution is 5.66. The largest absolute Gasteiger partial charge is 0.481 e. The molecule has 0 saturated heterocycles. The number of carbonyl (C=O) groups is 1. The van der Waals surface area contributed by atoms with Gasteiger partial charge in [-0.15, -0.1) is 0 Å². The third kappa shape index (κ3) is 20.7. The smallest absolute Gasteiger partial charge is 0.303 e. The SMILES string of the molecule is CCCCCCCC=CCC=CCC=CCCCCCCC(=O)O. The summed E-state index contributed by atoms with van der Waals surface area (Å²) in [7, 11) is 0. The van der Waals surface area contributed by atoms with Gasteiger partial charge in [0.15, 0.2) is 0 Å². The van der Waals surface area contributed by atoms with Crippen molar-refractivity contribution < 1.29 is 9.90 Å². The lowest BCUT2D eigenvalue weighted by Crippen LogP contribution is -1.93. The van der Waals surface area contributed by atoms with Crippen LogP contribution in [0, 0.1) is 0 Å². The van der Waals surface area contributed by atoms with Gasteiger partial charge in [-0.3, -0.25) is 4.79 Å². The number of unbranched alkanes of at least 4 members (excludes halogenated alkanes) is 9. The van der Waals surface area contributed by atoms with E-state index < -0.39 is 5.97 Å². The molecule has 0 radical (unpaired) electrons. The van der Waals surface area contributed by atoms with E-state index in [0.717, 1.165) is 38.5 Å². The number of rotatable bonds is 17. The van der Waals surface area contributed by atoms with Crippen LogP contribution >= 0.6 is 0 Å². The van der Waals surface area contributed by atoms with Crippen molar-refractivity contribution in [2.24, 2.45) is 0 Å². The fourth-order valence-corrected chi connectivity index (χ4v) is 2.54. The Hall–Kier alpha value is -1.31. The van der Waals surface area contributed by atoms with Gasteiger partial charge in [-0.25, -0.2) is 0 Å². The van der Waals surface area contributed by atoms with Crippen LogP contribution in [0.2, 0.25) is 0 Å². The molecule has 0 amide bonds. The van der Waals surface area contributed by atoms with Gasteiger partial charge in [0.05, 0.1) is 0 Å². The molecule has 1 N–H and O–H groups in total. The van der Waals surface area contributed by atoms with E-state index >= 15 is 0 Å². The first-order chi connectivity index (χ1) is 11.8. The molecule has 2 heteroatoms. The van der Waals surface area contributed by atoms with Crippen molar-refractivity contribution in [3.05, 3.63) is 36.5 Å². The van der Waals surface area contributed by atoms with Crippen molar-refractivity contribution in [3.8, 4) is 0 Å². The number of hydrogen-bond acceptors (Lipinski definition) is 1. The Kier molecular flexibility index (Phi) is 18.7. The van der Waals surface area contributed by atoms with Crippen molar-refractivity contribution in [2.75, 3.05) is 0 Å². The van der Waals surface area contributed by atoms with E-state index in [0.29, 0.717) is 6.42 Å². The number of hydrogen-bond donors (Lipinski definition) is 1. The standard InChI is InChI=1S/C22H38O2/c1-2-3-4-5-6-7-8-9-10-11-12-13-14-15-16-17-18-19-20-21-22(23)24/h8-9,11-12,14-15H,2-7,10,13,16-21H2,1H3,(H,23,24). The monoisotopic (exact) mass is 334 g/mol.